The summed E-state index contributed by atoms with van der Waals surface area (Å²) in [6.45, 7) is 1.85. The average Bonchev–Trinajstić information content (AvgIpc) is 2.40. The Morgan fingerprint density at radius 1 is 1.00 bits per heavy atom. The molecular weight excluding hydrogens is 226 g/mol. The van der Waals surface area contributed by atoms with Crippen LogP contribution < -0.4 is 5.32 Å². The molecule has 0 heterocycles. The largest absolute Gasteiger partial charge is 0.441 e. The minimum atomic E-state index is -0.447. The molecule has 0 aliphatic rings. The van der Waals surface area contributed by atoms with Gasteiger partial charge in [-0.2, -0.15) is 0 Å². The Hall–Kier alpha value is -2.29. The number of para-hydroxylation sites is 1. The van der Waals surface area contributed by atoms with E-state index >= 15 is 0 Å². The van der Waals surface area contributed by atoms with Crippen molar-refractivity contribution >= 4 is 11.8 Å². The van der Waals surface area contributed by atoms with Gasteiger partial charge in [-0.25, -0.2) is 4.79 Å². The Balaban J connectivity index is 1.92. The van der Waals surface area contributed by atoms with Gasteiger partial charge in [-0.15, -0.1) is 0 Å². The summed E-state index contributed by atoms with van der Waals surface area (Å²) in [5.41, 5.74) is 1.70. The van der Waals surface area contributed by atoms with Gasteiger partial charge in [0.1, 0.15) is 6.10 Å². The number of benzene rings is 2. The van der Waals surface area contributed by atoms with E-state index in [1.54, 1.807) is 0 Å². The van der Waals surface area contributed by atoms with E-state index < -0.39 is 6.09 Å². The molecule has 18 heavy (non-hydrogen) atoms. The van der Waals surface area contributed by atoms with Gasteiger partial charge in [0.15, 0.2) is 0 Å². The van der Waals surface area contributed by atoms with Crippen LogP contribution >= 0.6 is 0 Å². The first-order chi connectivity index (χ1) is 8.75. The van der Waals surface area contributed by atoms with Crippen LogP contribution in [0.25, 0.3) is 0 Å². The van der Waals surface area contributed by atoms with Crippen molar-refractivity contribution in [2.75, 3.05) is 5.32 Å². The lowest BCUT2D eigenvalue weighted by atomic mass is 10.1. The van der Waals surface area contributed by atoms with E-state index in [4.69, 9.17) is 4.74 Å². The van der Waals surface area contributed by atoms with Gasteiger partial charge in [0.25, 0.3) is 0 Å². The highest BCUT2D eigenvalue weighted by atomic mass is 16.6. The van der Waals surface area contributed by atoms with Crippen LogP contribution in [0, 0.1) is 0 Å². The molecule has 3 nitrogen and oxygen atoms in total. The second-order valence-electron chi connectivity index (χ2n) is 3.95. The Labute approximate surface area is 106 Å². The second-order valence-corrected chi connectivity index (χ2v) is 3.95. The third kappa shape index (κ3) is 3.35. The van der Waals surface area contributed by atoms with Crippen LogP contribution in [0.1, 0.15) is 18.6 Å². The summed E-state index contributed by atoms with van der Waals surface area (Å²) in [7, 11) is 0. The zero-order valence-electron chi connectivity index (χ0n) is 10.2. The first-order valence-electron chi connectivity index (χ1n) is 5.83. The Morgan fingerprint density at radius 3 is 2.17 bits per heavy atom. The molecule has 0 radical (unpaired) electrons. The molecule has 2 aromatic carbocycles. The maximum absolute atomic E-state index is 11.7. The van der Waals surface area contributed by atoms with Crippen LogP contribution in [-0.2, 0) is 4.74 Å². The van der Waals surface area contributed by atoms with Crippen LogP contribution in [-0.4, -0.2) is 6.09 Å². The van der Waals surface area contributed by atoms with Crippen molar-refractivity contribution in [2.45, 2.75) is 13.0 Å². The monoisotopic (exact) mass is 241 g/mol. The minimum absolute atomic E-state index is 0.269. The third-order valence-electron chi connectivity index (χ3n) is 2.57. The van der Waals surface area contributed by atoms with Gasteiger partial charge in [0, 0.05) is 5.69 Å². The molecule has 1 atom stereocenters. The zero-order valence-corrected chi connectivity index (χ0v) is 10.2. The second kappa shape index (κ2) is 5.87. The molecule has 0 saturated heterocycles. The molecule has 0 aliphatic heterocycles. The number of carbonyl (C=O) groups excluding carboxylic acids is 1. The Bertz CT molecular complexity index is 496. The molecule has 1 N–H and O–H groups in total. The van der Waals surface area contributed by atoms with Crippen molar-refractivity contribution in [1.29, 1.82) is 0 Å². The predicted octanol–water partition coefficient (Wildman–Crippen LogP) is 4.00. The van der Waals surface area contributed by atoms with Crippen LogP contribution in [0.4, 0.5) is 10.5 Å². The highest BCUT2D eigenvalue weighted by Gasteiger charge is 2.10. The lowest BCUT2D eigenvalue weighted by molar-refractivity contribution is 0.121. The molecule has 0 aromatic heterocycles. The topological polar surface area (TPSA) is 38.3 Å². The van der Waals surface area contributed by atoms with Crippen LogP contribution in [0.3, 0.4) is 0 Å². The number of amides is 1. The summed E-state index contributed by atoms with van der Waals surface area (Å²) in [6.07, 6.45) is -0.715. The summed E-state index contributed by atoms with van der Waals surface area (Å²) >= 11 is 0. The molecule has 0 fully saturated rings. The highest BCUT2D eigenvalue weighted by molar-refractivity contribution is 5.84. The maximum Gasteiger partial charge on any atom is 0.412 e. The van der Waals surface area contributed by atoms with E-state index in [9.17, 15) is 4.79 Å². The third-order valence-corrected chi connectivity index (χ3v) is 2.57. The van der Waals surface area contributed by atoms with Crippen LogP contribution in [0.15, 0.2) is 60.7 Å². The van der Waals surface area contributed by atoms with Gasteiger partial charge >= 0.3 is 6.09 Å². The number of ether oxygens (including phenoxy) is 1. The molecule has 0 saturated carbocycles. The molecule has 1 amide bonds. The maximum atomic E-state index is 11.7. The van der Waals surface area contributed by atoms with Crippen LogP contribution in [0.5, 0.6) is 0 Å². The standard InChI is InChI=1S/C15H15NO2/c1-12(13-8-4-2-5-9-13)18-15(17)16-14-10-6-3-7-11-14/h2-12H,1H3,(H,16,17)/t12-/m1/s1. The smallest absolute Gasteiger partial charge is 0.412 e. The number of nitrogens with one attached hydrogen (secondary N) is 1. The Morgan fingerprint density at radius 2 is 1.56 bits per heavy atom. The predicted molar refractivity (Wildman–Crippen MR) is 71.4 cm³/mol. The number of hydrogen-bond donors (Lipinski definition) is 1. The molecule has 92 valence electrons. The van der Waals surface area contributed by atoms with Gasteiger partial charge in [0.2, 0.25) is 0 Å². The SMILES string of the molecule is C[C@@H](OC(=O)Nc1ccccc1)c1ccccc1. The summed E-state index contributed by atoms with van der Waals surface area (Å²) in [5.74, 6) is 0. The van der Waals surface area contributed by atoms with E-state index in [-0.39, 0.29) is 6.10 Å². The number of anilines is 1. The number of rotatable bonds is 3. The molecule has 0 aliphatic carbocycles. The first-order valence-corrected chi connectivity index (χ1v) is 5.83. The zero-order chi connectivity index (χ0) is 12.8. The average molecular weight is 241 g/mol. The minimum Gasteiger partial charge on any atom is -0.441 e. The summed E-state index contributed by atoms with van der Waals surface area (Å²) < 4.78 is 5.29. The van der Waals surface area contributed by atoms with E-state index in [1.807, 2.05) is 67.6 Å². The first kappa shape index (κ1) is 12.2. The lowest BCUT2D eigenvalue weighted by Gasteiger charge is -2.14. The number of carbonyl (C=O) groups is 1. The van der Waals surface area contributed by atoms with Gasteiger partial charge in [-0.1, -0.05) is 48.5 Å². The van der Waals surface area contributed by atoms with Crippen LogP contribution in [0.2, 0.25) is 0 Å². The van der Waals surface area contributed by atoms with Crippen molar-refractivity contribution < 1.29 is 9.53 Å². The van der Waals surface area contributed by atoms with Crippen molar-refractivity contribution in [3.63, 3.8) is 0 Å². The van der Waals surface area contributed by atoms with E-state index in [1.165, 1.54) is 0 Å². The van der Waals surface area contributed by atoms with Gasteiger partial charge in [-0.3, -0.25) is 5.32 Å². The quantitative estimate of drug-likeness (QED) is 0.882. The highest BCUT2D eigenvalue weighted by Crippen LogP contribution is 2.17. The van der Waals surface area contributed by atoms with Crippen molar-refractivity contribution in [2.24, 2.45) is 0 Å². The summed E-state index contributed by atoms with van der Waals surface area (Å²) in [4.78, 5) is 11.7. The molecule has 0 bridgehead atoms. The van der Waals surface area contributed by atoms with Crippen molar-refractivity contribution in [3.05, 3.63) is 66.2 Å². The Kier molecular flexibility index (Phi) is 3.97. The fourth-order valence-electron chi connectivity index (χ4n) is 1.62. The summed E-state index contributed by atoms with van der Waals surface area (Å²) in [6, 6.07) is 18.9. The lowest BCUT2D eigenvalue weighted by Crippen LogP contribution is -2.15. The van der Waals surface area contributed by atoms with E-state index in [0.29, 0.717) is 0 Å². The van der Waals surface area contributed by atoms with Crippen molar-refractivity contribution in [1.82, 2.24) is 0 Å². The molecule has 2 aromatic rings. The fourth-order valence-corrected chi connectivity index (χ4v) is 1.62. The van der Waals surface area contributed by atoms with Gasteiger partial charge in [0.05, 0.1) is 0 Å². The van der Waals surface area contributed by atoms with E-state index in [2.05, 4.69) is 5.32 Å². The normalized spacial score (nSPS) is 11.6. The molecule has 0 unspecified atom stereocenters. The molecule has 3 heteroatoms. The molecule has 2 rings (SSSR count). The fraction of sp³-hybridized carbons (Fsp3) is 0.133. The number of hydrogen-bond acceptors (Lipinski definition) is 2. The summed E-state index contributed by atoms with van der Waals surface area (Å²) in [5, 5.41) is 2.68. The van der Waals surface area contributed by atoms with Crippen molar-refractivity contribution in [3.8, 4) is 0 Å². The molecular formula is C15H15NO2. The van der Waals surface area contributed by atoms with Gasteiger partial charge < -0.3 is 4.74 Å². The van der Waals surface area contributed by atoms with Gasteiger partial charge in [-0.05, 0) is 24.6 Å². The van der Waals surface area contributed by atoms with E-state index in [0.717, 1.165) is 11.3 Å². The molecule has 0 spiro atoms.